The molecule has 4 nitrogen and oxygen atoms in total. The zero-order valence-corrected chi connectivity index (χ0v) is 13.5. The lowest BCUT2D eigenvalue weighted by Crippen LogP contribution is -2.21. The molecule has 1 heterocycles. The molecule has 0 bridgehead atoms. The van der Waals surface area contributed by atoms with Crippen molar-refractivity contribution in [3.8, 4) is 0 Å². The number of carbonyl (C=O) groups excluding carboxylic acids is 1. The monoisotopic (exact) mass is 301 g/mol. The molecule has 0 spiro atoms. The Morgan fingerprint density at radius 3 is 2.48 bits per heavy atom. The van der Waals surface area contributed by atoms with Gasteiger partial charge in [-0.3, -0.25) is 4.79 Å². The Labute approximate surface area is 129 Å². The van der Waals surface area contributed by atoms with Crippen LogP contribution >= 0.6 is 11.8 Å². The van der Waals surface area contributed by atoms with Gasteiger partial charge in [0.15, 0.2) is 0 Å². The molecular formula is C16H19N3OS. The van der Waals surface area contributed by atoms with Crippen molar-refractivity contribution >= 4 is 23.4 Å². The smallest absolute Gasteiger partial charge is 0.253 e. The van der Waals surface area contributed by atoms with Crippen molar-refractivity contribution < 1.29 is 4.79 Å². The number of benzene rings is 1. The molecule has 2 N–H and O–H groups in total. The number of hydrogen-bond donors (Lipinski definition) is 1. The van der Waals surface area contributed by atoms with E-state index in [9.17, 15) is 4.79 Å². The molecule has 21 heavy (non-hydrogen) atoms. The fourth-order valence-electron chi connectivity index (χ4n) is 2.00. The van der Waals surface area contributed by atoms with Crippen LogP contribution < -0.4 is 5.73 Å². The summed E-state index contributed by atoms with van der Waals surface area (Å²) in [6, 6.07) is 9.44. The zero-order valence-electron chi connectivity index (χ0n) is 12.7. The quantitative estimate of drug-likeness (QED) is 0.885. The molecule has 0 radical (unpaired) electrons. The van der Waals surface area contributed by atoms with E-state index in [1.807, 2.05) is 32.0 Å². The van der Waals surface area contributed by atoms with Crippen molar-refractivity contribution in [1.82, 2.24) is 9.88 Å². The fraction of sp³-hybridized carbons (Fsp3) is 0.250. The van der Waals surface area contributed by atoms with Gasteiger partial charge in [-0.05, 0) is 49.7 Å². The van der Waals surface area contributed by atoms with Crippen LogP contribution in [0.4, 0.5) is 5.69 Å². The van der Waals surface area contributed by atoms with E-state index in [1.54, 1.807) is 26.2 Å². The molecular weight excluding hydrogens is 282 g/mol. The van der Waals surface area contributed by atoms with Gasteiger partial charge in [0.1, 0.15) is 5.03 Å². The van der Waals surface area contributed by atoms with E-state index < -0.39 is 0 Å². The second kappa shape index (κ2) is 6.18. The molecule has 0 saturated heterocycles. The topological polar surface area (TPSA) is 59.2 Å². The molecule has 0 unspecified atom stereocenters. The van der Waals surface area contributed by atoms with Crippen molar-refractivity contribution in [3.63, 3.8) is 0 Å². The van der Waals surface area contributed by atoms with Crippen molar-refractivity contribution in [1.29, 1.82) is 0 Å². The van der Waals surface area contributed by atoms with E-state index in [0.717, 1.165) is 15.6 Å². The van der Waals surface area contributed by atoms with Crippen LogP contribution in [0.2, 0.25) is 0 Å². The summed E-state index contributed by atoms with van der Waals surface area (Å²) >= 11 is 1.51. The van der Waals surface area contributed by atoms with Crippen LogP contribution in [0.3, 0.4) is 0 Å². The first-order valence-corrected chi connectivity index (χ1v) is 7.43. The average Bonchev–Trinajstić information content (AvgIpc) is 2.39. The molecule has 0 aliphatic carbocycles. The lowest BCUT2D eigenvalue weighted by Gasteiger charge is -2.12. The summed E-state index contributed by atoms with van der Waals surface area (Å²) in [5.41, 5.74) is 9.40. The molecule has 1 amide bonds. The lowest BCUT2D eigenvalue weighted by atomic mass is 10.2. The Kier molecular flexibility index (Phi) is 4.53. The minimum atomic E-state index is -0.0530. The fourth-order valence-corrected chi connectivity index (χ4v) is 2.97. The van der Waals surface area contributed by atoms with Gasteiger partial charge in [0.2, 0.25) is 0 Å². The SMILES string of the molecule is Cc1cc(C)nc(Sc2ccc(C(=O)N(C)C)cc2N)c1. The Hall–Kier alpha value is -2.01. The van der Waals surface area contributed by atoms with Crippen LogP contribution in [0.1, 0.15) is 21.6 Å². The number of rotatable bonds is 3. The van der Waals surface area contributed by atoms with Crippen molar-refractivity contribution in [3.05, 3.63) is 47.2 Å². The number of hydrogen-bond acceptors (Lipinski definition) is 4. The minimum Gasteiger partial charge on any atom is -0.398 e. The summed E-state index contributed by atoms with van der Waals surface area (Å²) in [5, 5.41) is 0.908. The Morgan fingerprint density at radius 1 is 1.19 bits per heavy atom. The molecule has 2 aromatic rings. The maximum atomic E-state index is 11.9. The molecule has 110 valence electrons. The lowest BCUT2D eigenvalue weighted by molar-refractivity contribution is 0.0827. The maximum Gasteiger partial charge on any atom is 0.253 e. The predicted molar refractivity (Wildman–Crippen MR) is 86.7 cm³/mol. The number of carbonyl (C=O) groups is 1. The number of nitrogen functional groups attached to an aromatic ring is 1. The molecule has 1 aromatic carbocycles. The van der Waals surface area contributed by atoms with Crippen LogP contribution in [-0.4, -0.2) is 29.9 Å². The van der Waals surface area contributed by atoms with E-state index in [1.165, 1.54) is 22.2 Å². The van der Waals surface area contributed by atoms with E-state index in [0.29, 0.717) is 11.3 Å². The number of nitrogens with two attached hydrogens (primary N) is 1. The van der Waals surface area contributed by atoms with Gasteiger partial charge in [0.05, 0.1) is 0 Å². The third-order valence-electron chi connectivity index (χ3n) is 2.95. The summed E-state index contributed by atoms with van der Waals surface area (Å²) in [6.45, 7) is 4.01. The summed E-state index contributed by atoms with van der Waals surface area (Å²) in [4.78, 5) is 18.8. The maximum absolute atomic E-state index is 11.9. The first-order chi connectivity index (χ1) is 9.86. The van der Waals surface area contributed by atoms with Crippen LogP contribution in [-0.2, 0) is 0 Å². The molecule has 0 aliphatic heterocycles. The molecule has 5 heteroatoms. The van der Waals surface area contributed by atoms with Gasteiger partial charge in [-0.15, -0.1) is 0 Å². The zero-order chi connectivity index (χ0) is 15.6. The van der Waals surface area contributed by atoms with Gasteiger partial charge in [-0.25, -0.2) is 4.98 Å². The van der Waals surface area contributed by atoms with Gasteiger partial charge in [-0.1, -0.05) is 11.8 Å². The number of anilines is 1. The highest BCUT2D eigenvalue weighted by atomic mass is 32.2. The first-order valence-electron chi connectivity index (χ1n) is 6.61. The second-order valence-electron chi connectivity index (χ2n) is 5.18. The molecule has 2 rings (SSSR count). The van der Waals surface area contributed by atoms with Crippen LogP contribution in [0.15, 0.2) is 40.3 Å². The number of nitrogens with zero attached hydrogens (tertiary/aromatic N) is 2. The number of aromatic nitrogens is 1. The molecule has 0 aliphatic rings. The van der Waals surface area contributed by atoms with E-state index in [4.69, 9.17) is 5.73 Å². The van der Waals surface area contributed by atoms with Crippen molar-refractivity contribution in [2.45, 2.75) is 23.8 Å². The molecule has 1 aromatic heterocycles. The van der Waals surface area contributed by atoms with E-state index in [-0.39, 0.29) is 5.91 Å². The average molecular weight is 301 g/mol. The first kappa shape index (κ1) is 15.4. The van der Waals surface area contributed by atoms with Gasteiger partial charge in [-0.2, -0.15) is 0 Å². The highest BCUT2D eigenvalue weighted by Crippen LogP contribution is 2.32. The normalized spacial score (nSPS) is 10.5. The molecule has 0 atom stereocenters. The summed E-state index contributed by atoms with van der Waals surface area (Å²) in [6.07, 6.45) is 0. The Morgan fingerprint density at radius 2 is 1.90 bits per heavy atom. The van der Waals surface area contributed by atoms with Crippen LogP contribution in [0, 0.1) is 13.8 Å². The predicted octanol–water partition coefficient (Wildman–Crippen LogP) is 3.13. The molecule has 0 saturated carbocycles. The standard InChI is InChI=1S/C16H19N3OS/c1-10-7-11(2)18-15(8-10)21-14-6-5-12(9-13(14)17)16(20)19(3)4/h5-9H,17H2,1-4H3. The minimum absolute atomic E-state index is 0.0530. The summed E-state index contributed by atoms with van der Waals surface area (Å²) < 4.78 is 0. The third kappa shape index (κ3) is 3.76. The number of pyridine rings is 1. The summed E-state index contributed by atoms with van der Waals surface area (Å²) in [7, 11) is 3.45. The van der Waals surface area contributed by atoms with Crippen molar-refractivity contribution in [2.24, 2.45) is 0 Å². The number of aryl methyl sites for hydroxylation is 2. The van der Waals surface area contributed by atoms with E-state index >= 15 is 0 Å². The Balaban J connectivity index is 2.27. The van der Waals surface area contributed by atoms with Crippen LogP contribution in [0.5, 0.6) is 0 Å². The summed E-state index contributed by atoms with van der Waals surface area (Å²) in [5.74, 6) is -0.0530. The van der Waals surface area contributed by atoms with Gasteiger partial charge in [0, 0.05) is 35.9 Å². The second-order valence-corrected chi connectivity index (χ2v) is 6.24. The third-order valence-corrected chi connectivity index (χ3v) is 3.96. The van der Waals surface area contributed by atoms with Gasteiger partial charge >= 0.3 is 0 Å². The van der Waals surface area contributed by atoms with Crippen molar-refractivity contribution in [2.75, 3.05) is 19.8 Å². The highest BCUT2D eigenvalue weighted by molar-refractivity contribution is 7.99. The largest absolute Gasteiger partial charge is 0.398 e. The van der Waals surface area contributed by atoms with E-state index in [2.05, 4.69) is 4.98 Å². The van der Waals surface area contributed by atoms with Crippen LogP contribution in [0.25, 0.3) is 0 Å². The van der Waals surface area contributed by atoms with Gasteiger partial charge in [0.25, 0.3) is 5.91 Å². The molecule has 0 fully saturated rings. The van der Waals surface area contributed by atoms with Gasteiger partial charge < -0.3 is 10.6 Å². The Bertz CT molecular complexity index is 663. The highest BCUT2D eigenvalue weighted by Gasteiger charge is 2.11. The number of amides is 1.